The normalized spacial score (nSPS) is 10.1. The van der Waals surface area contributed by atoms with Gasteiger partial charge in [-0.05, 0) is 19.1 Å². The summed E-state index contributed by atoms with van der Waals surface area (Å²) < 4.78 is 10.2. The third-order valence-corrected chi connectivity index (χ3v) is 2.30. The zero-order valence-corrected chi connectivity index (χ0v) is 11.6. The maximum Gasteiger partial charge on any atom is 0.286 e. The summed E-state index contributed by atoms with van der Waals surface area (Å²) in [6.07, 6.45) is 1.64. The Bertz CT molecular complexity index is 440. The molecule has 0 radical (unpaired) electrons. The molecule has 0 spiro atoms. The van der Waals surface area contributed by atoms with Crippen molar-refractivity contribution < 1.29 is 18.7 Å². The Hall–Kier alpha value is -2.08. The Morgan fingerprint density at radius 2 is 2.15 bits per heavy atom. The van der Waals surface area contributed by atoms with Crippen LogP contribution in [-0.4, -0.2) is 38.1 Å². The second-order valence-corrected chi connectivity index (χ2v) is 4.34. The SMILES string of the molecule is C=C(C)COCCNC(=O)CCNC(=O)c1ccco1. The molecule has 0 bridgehead atoms. The lowest BCUT2D eigenvalue weighted by Crippen LogP contribution is -2.32. The Labute approximate surface area is 118 Å². The molecule has 0 aliphatic rings. The summed E-state index contributed by atoms with van der Waals surface area (Å²) in [6, 6.07) is 3.20. The number of hydrogen-bond acceptors (Lipinski definition) is 4. The molecular weight excluding hydrogens is 260 g/mol. The zero-order valence-electron chi connectivity index (χ0n) is 11.6. The van der Waals surface area contributed by atoms with Gasteiger partial charge in [0.25, 0.3) is 5.91 Å². The molecule has 0 fully saturated rings. The Kier molecular flexibility index (Phi) is 7.13. The molecule has 6 nitrogen and oxygen atoms in total. The van der Waals surface area contributed by atoms with E-state index in [9.17, 15) is 9.59 Å². The average Bonchev–Trinajstić information content (AvgIpc) is 2.91. The van der Waals surface area contributed by atoms with E-state index in [4.69, 9.17) is 9.15 Å². The van der Waals surface area contributed by atoms with Gasteiger partial charge in [0.2, 0.25) is 5.91 Å². The number of nitrogens with one attached hydrogen (secondary N) is 2. The molecule has 0 aromatic carbocycles. The van der Waals surface area contributed by atoms with Gasteiger partial charge in [-0.3, -0.25) is 9.59 Å². The van der Waals surface area contributed by atoms with Crippen molar-refractivity contribution in [1.82, 2.24) is 10.6 Å². The van der Waals surface area contributed by atoms with E-state index < -0.39 is 0 Å². The topological polar surface area (TPSA) is 80.6 Å². The van der Waals surface area contributed by atoms with Crippen LogP contribution in [0.25, 0.3) is 0 Å². The number of carbonyl (C=O) groups is 2. The third-order valence-electron chi connectivity index (χ3n) is 2.30. The van der Waals surface area contributed by atoms with Crippen LogP contribution in [0.2, 0.25) is 0 Å². The quantitative estimate of drug-likeness (QED) is 0.524. The third kappa shape index (κ3) is 6.75. The molecule has 1 rings (SSSR count). The number of rotatable bonds is 9. The number of hydrogen-bond donors (Lipinski definition) is 2. The van der Waals surface area contributed by atoms with Crippen molar-refractivity contribution >= 4 is 11.8 Å². The van der Waals surface area contributed by atoms with E-state index in [-0.39, 0.29) is 30.5 Å². The van der Waals surface area contributed by atoms with Gasteiger partial charge in [0, 0.05) is 19.5 Å². The summed E-state index contributed by atoms with van der Waals surface area (Å²) in [5.74, 6) is -0.227. The van der Waals surface area contributed by atoms with Gasteiger partial charge < -0.3 is 19.8 Å². The molecule has 6 heteroatoms. The first-order valence-corrected chi connectivity index (χ1v) is 6.40. The molecule has 0 aliphatic carbocycles. The molecule has 1 heterocycles. The summed E-state index contributed by atoms with van der Waals surface area (Å²) in [4.78, 5) is 22.9. The fraction of sp³-hybridized carbons (Fsp3) is 0.429. The van der Waals surface area contributed by atoms with Gasteiger partial charge in [-0.25, -0.2) is 0 Å². The Morgan fingerprint density at radius 1 is 1.35 bits per heavy atom. The van der Waals surface area contributed by atoms with Crippen LogP contribution in [0.1, 0.15) is 23.9 Å². The van der Waals surface area contributed by atoms with Crippen LogP contribution in [0.15, 0.2) is 35.0 Å². The maximum atomic E-state index is 11.5. The second kappa shape index (κ2) is 8.92. The first-order valence-electron chi connectivity index (χ1n) is 6.40. The summed E-state index contributed by atoms with van der Waals surface area (Å²) >= 11 is 0. The largest absolute Gasteiger partial charge is 0.459 e. The van der Waals surface area contributed by atoms with E-state index in [1.54, 1.807) is 12.1 Å². The van der Waals surface area contributed by atoms with E-state index in [2.05, 4.69) is 17.2 Å². The highest BCUT2D eigenvalue weighted by molar-refractivity contribution is 5.91. The Morgan fingerprint density at radius 3 is 2.80 bits per heavy atom. The average molecular weight is 280 g/mol. The summed E-state index contributed by atoms with van der Waals surface area (Å²) in [7, 11) is 0. The lowest BCUT2D eigenvalue weighted by atomic mass is 10.3. The van der Waals surface area contributed by atoms with Crippen molar-refractivity contribution in [3.63, 3.8) is 0 Å². The van der Waals surface area contributed by atoms with Crippen LogP contribution < -0.4 is 10.6 Å². The standard InChI is InChI=1S/C14H20N2O4/c1-11(2)10-19-9-7-15-13(17)5-6-16-14(18)12-4-3-8-20-12/h3-4,8H,1,5-7,9-10H2,2H3,(H,15,17)(H,16,18). The molecule has 0 saturated heterocycles. The van der Waals surface area contributed by atoms with Crippen LogP contribution in [0.3, 0.4) is 0 Å². The van der Waals surface area contributed by atoms with Crippen LogP contribution in [-0.2, 0) is 9.53 Å². The van der Waals surface area contributed by atoms with E-state index >= 15 is 0 Å². The highest BCUT2D eigenvalue weighted by Crippen LogP contribution is 1.98. The van der Waals surface area contributed by atoms with Gasteiger partial charge in [-0.15, -0.1) is 0 Å². The fourth-order valence-electron chi connectivity index (χ4n) is 1.38. The minimum absolute atomic E-state index is 0.135. The molecule has 0 saturated carbocycles. The van der Waals surface area contributed by atoms with Crippen LogP contribution in [0.5, 0.6) is 0 Å². The smallest absolute Gasteiger partial charge is 0.286 e. The van der Waals surface area contributed by atoms with Crippen LogP contribution in [0.4, 0.5) is 0 Å². The van der Waals surface area contributed by atoms with Crippen LogP contribution in [0, 0.1) is 0 Å². The van der Waals surface area contributed by atoms with E-state index in [1.807, 2.05) is 6.92 Å². The molecule has 110 valence electrons. The molecule has 1 aromatic heterocycles. The van der Waals surface area contributed by atoms with Crippen molar-refractivity contribution in [2.45, 2.75) is 13.3 Å². The van der Waals surface area contributed by atoms with Gasteiger partial charge in [-0.1, -0.05) is 12.2 Å². The van der Waals surface area contributed by atoms with Crippen molar-refractivity contribution in [2.75, 3.05) is 26.3 Å². The van der Waals surface area contributed by atoms with Gasteiger partial charge >= 0.3 is 0 Å². The monoisotopic (exact) mass is 280 g/mol. The van der Waals surface area contributed by atoms with E-state index in [0.717, 1.165) is 5.57 Å². The molecule has 2 amide bonds. The first-order chi connectivity index (χ1) is 9.59. The summed E-state index contributed by atoms with van der Waals surface area (Å²) in [5.41, 5.74) is 0.942. The van der Waals surface area contributed by atoms with Crippen molar-refractivity contribution in [2.24, 2.45) is 0 Å². The summed E-state index contributed by atoms with van der Waals surface area (Å²) in [6.45, 7) is 7.22. The number of carbonyl (C=O) groups excluding carboxylic acids is 2. The fourth-order valence-corrected chi connectivity index (χ4v) is 1.38. The number of ether oxygens (including phenoxy) is 1. The van der Waals surface area contributed by atoms with Crippen molar-refractivity contribution in [3.05, 3.63) is 36.3 Å². The van der Waals surface area contributed by atoms with Crippen molar-refractivity contribution in [1.29, 1.82) is 0 Å². The summed E-state index contributed by atoms with van der Waals surface area (Å²) in [5, 5.41) is 5.29. The van der Waals surface area contributed by atoms with E-state index in [0.29, 0.717) is 19.8 Å². The minimum atomic E-state index is -0.326. The van der Waals surface area contributed by atoms with Gasteiger partial charge in [0.15, 0.2) is 5.76 Å². The van der Waals surface area contributed by atoms with Crippen LogP contribution >= 0.6 is 0 Å². The van der Waals surface area contributed by atoms with Crippen molar-refractivity contribution in [3.8, 4) is 0 Å². The lowest BCUT2D eigenvalue weighted by Gasteiger charge is -2.06. The molecule has 1 aromatic rings. The number of amides is 2. The zero-order chi connectivity index (χ0) is 14.8. The predicted molar refractivity (Wildman–Crippen MR) is 74.3 cm³/mol. The number of furan rings is 1. The van der Waals surface area contributed by atoms with Gasteiger partial charge in [0.05, 0.1) is 19.5 Å². The van der Waals surface area contributed by atoms with Gasteiger partial charge in [-0.2, -0.15) is 0 Å². The lowest BCUT2D eigenvalue weighted by molar-refractivity contribution is -0.121. The molecule has 0 atom stereocenters. The molecule has 0 aliphatic heterocycles. The molecular formula is C14H20N2O4. The Balaban J connectivity index is 2.03. The molecule has 0 unspecified atom stereocenters. The molecule has 20 heavy (non-hydrogen) atoms. The minimum Gasteiger partial charge on any atom is -0.459 e. The maximum absolute atomic E-state index is 11.5. The van der Waals surface area contributed by atoms with Gasteiger partial charge in [0.1, 0.15) is 0 Å². The van der Waals surface area contributed by atoms with E-state index in [1.165, 1.54) is 6.26 Å². The molecule has 2 N–H and O–H groups in total. The highest BCUT2D eigenvalue weighted by Gasteiger charge is 2.08. The first kappa shape index (κ1) is 16.0. The predicted octanol–water partition coefficient (Wildman–Crippen LogP) is 1.11. The second-order valence-electron chi connectivity index (χ2n) is 4.34. The highest BCUT2D eigenvalue weighted by atomic mass is 16.5.